The molecule has 1 atom stereocenters. The minimum absolute atomic E-state index is 0.0626. The first-order valence-corrected chi connectivity index (χ1v) is 14.4. The molecule has 4 aromatic rings. The van der Waals surface area contributed by atoms with Crippen molar-refractivity contribution < 1.29 is 31.9 Å². The minimum Gasteiger partial charge on any atom is -0.484 e. The molecule has 0 saturated heterocycles. The van der Waals surface area contributed by atoms with Crippen LogP contribution in [0.1, 0.15) is 45.1 Å². The molecule has 1 aliphatic heterocycles. The number of halogens is 6. The first kappa shape index (κ1) is 31.3. The van der Waals surface area contributed by atoms with Crippen LogP contribution < -0.4 is 15.7 Å². The van der Waals surface area contributed by atoms with E-state index in [4.69, 9.17) is 16.3 Å². The zero-order valence-electron chi connectivity index (χ0n) is 23.0. The molecule has 230 valence electrons. The number of alkyl halides is 3. The highest BCUT2D eigenvalue weighted by atomic mass is 79.9. The summed E-state index contributed by atoms with van der Waals surface area (Å²) in [5, 5.41) is 3.07. The maximum atomic E-state index is 14.5. The lowest BCUT2D eigenvalue weighted by Gasteiger charge is -2.28. The van der Waals surface area contributed by atoms with Gasteiger partial charge in [-0.15, -0.1) is 0 Å². The van der Waals surface area contributed by atoms with Crippen LogP contribution in [0.25, 0.3) is 5.69 Å². The number of fused-ring (bicyclic) bond motifs is 1. The SMILES string of the molecule is CC(NC(=O)c1c2n(c(=O)n1-c1ccc(OCC(F)(F)F)cc1)CCN(C(=O)c1ccc(Br)c(Cl)c1)C2)c1ccccc1F. The van der Waals surface area contributed by atoms with Gasteiger partial charge in [-0.3, -0.25) is 18.7 Å². The zero-order valence-corrected chi connectivity index (χ0v) is 25.3. The fourth-order valence-corrected chi connectivity index (χ4v) is 5.37. The van der Waals surface area contributed by atoms with Crippen molar-refractivity contribution in [3.8, 4) is 11.4 Å². The number of nitrogens with one attached hydrogen (secondary N) is 1. The van der Waals surface area contributed by atoms with Crippen LogP contribution in [0.3, 0.4) is 0 Å². The third-order valence-electron chi connectivity index (χ3n) is 7.06. The van der Waals surface area contributed by atoms with Gasteiger partial charge in [-0.25, -0.2) is 9.18 Å². The van der Waals surface area contributed by atoms with Crippen molar-refractivity contribution in [2.45, 2.75) is 32.2 Å². The summed E-state index contributed by atoms with van der Waals surface area (Å²) in [4.78, 5) is 42.4. The molecule has 8 nitrogen and oxygen atoms in total. The van der Waals surface area contributed by atoms with E-state index in [9.17, 15) is 31.9 Å². The number of hydrogen-bond donors (Lipinski definition) is 1. The van der Waals surface area contributed by atoms with Crippen LogP contribution >= 0.6 is 27.5 Å². The first-order valence-electron chi connectivity index (χ1n) is 13.3. The normalized spacial score (nSPS) is 13.8. The summed E-state index contributed by atoms with van der Waals surface area (Å²) in [5.74, 6) is -1.71. The van der Waals surface area contributed by atoms with Gasteiger partial charge in [-0.1, -0.05) is 29.8 Å². The van der Waals surface area contributed by atoms with Crippen molar-refractivity contribution in [1.29, 1.82) is 0 Å². The van der Waals surface area contributed by atoms with E-state index in [1.165, 1.54) is 58.0 Å². The highest BCUT2D eigenvalue weighted by Crippen LogP contribution is 2.27. The Labute approximate surface area is 261 Å². The van der Waals surface area contributed by atoms with Crippen molar-refractivity contribution in [2.75, 3.05) is 13.2 Å². The number of carbonyl (C=O) groups is 2. The average Bonchev–Trinajstić information content (AvgIpc) is 3.28. The van der Waals surface area contributed by atoms with Crippen molar-refractivity contribution in [2.24, 2.45) is 0 Å². The molecule has 14 heteroatoms. The topological polar surface area (TPSA) is 85.6 Å². The highest BCUT2D eigenvalue weighted by Gasteiger charge is 2.33. The predicted molar refractivity (Wildman–Crippen MR) is 158 cm³/mol. The van der Waals surface area contributed by atoms with Gasteiger partial charge in [0.15, 0.2) is 6.61 Å². The standard InChI is InChI=1S/C30H24BrClF4N4O4/c1-17(21-4-2-3-5-24(21)33)37-27(41)26-25-15-38(28(42)18-6-11-22(31)23(32)14-18)12-13-39(25)29(43)40(26)19-7-9-20(10-8-19)44-16-30(34,35)36/h2-11,14,17H,12-13,15-16H2,1H3,(H,37,41). The molecule has 1 N–H and O–H groups in total. The van der Waals surface area contributed by atoms with Gasteiger partial charge in [-0.2, -0.15) is 13.2 Å². The number of rotatable bonds is 7. The minimum atomic E-state index is -4.54. The summed E-state index contributed by atoms with van der Waals surface area (Å²) in [6, 6.07) is 15.1. The molecular weight excluding hydrogens is 672 g/mol. The van der Waals surface area contributed by atoms with E-state index < -0.39 is 36.2 Å². The maximum Gasteiger partial charge on any atom is 0.422 e. The molecule has 1 unspecified atom stereocenters. The number of imidazole rings is 1. The molecule has 1 aromatic heterocycles. The molecule has 0 aliphatic carbocycles. The second-order valence-electron chi connectivity index (χ2n) is 10.0. The fourth-order valence-electron chi connectivity index (χ4n) is 4.94. The number of nitrogens with zero attached hydrogens (tertiary/aromatic N) is 3. The average molecular weight is 696 g/mol. The van der Waals surface area contributed by atoms with Crippen LogP contribution in [0.4, 0.5) is 17.6 Å². The van der Waals surface area contributed by atoms with E-state index in [1.54, 1.807) is 25.1 Å². The fraction of sp³-hybridized carbons (Fsp3) is 0.233. The molecule has 0 saturated carbocycles. The van der Waals surface area contributed by atoms with Gasteiger partial charge in [0.05, 0.1) is 29.0 Å². The maximum absolute atomic E-state index is 14.5. The van der Waals surface area contributed by atoms with E-state index in [0.717, 1.165) is 4.57 Å². The monoisotopic (exact) mass is 694 g/mol. The highest BCUT2D eigenvalue weighted by molar-refractivity contribution is 9.10. The summed E-state index contributed by atoms with van der Waals surface area (Å²) in [7, 11) is 0. The lowest BCUT2D eigenvalue weighted by Crippen LogP contribution is -2.41. The van der Waals surface area contributed by atoms with E-state index in [0.29, 0.717) is 15.1 Å². The lowest BCUT2D eigenvalue weighted by atomic mass is 10.1. The van der Waals surface area contributed by atoms with Gasteiger partial charge < -0.3 is 15.0 Å². The molecule has 0 fully saturated rings. The molecule has 0 spiro atoms. The molecule has 2 heterocycles. The van der Waals surface area contributed by atoms with E-state index in [2.05, 4.69) is 21.2 Å². The lowest BCUT2D eigenvalue weighted by molar-refractivity contribution is -0.153. The Morgan fingerprint density at radius 2 is 1.77 bits per heavy atom. The van der Waals surface area contributed by atoms with Gasteiger partial charge in [0.25, 0.3) is 11.8 Å². The van der Waals surface area contributed by atoms with Crippen LogP contribution in [-0.4, -0.2) is 45.2 Å². The Balaban J connectivity index is 1.53. The van der Waals surface area contributed by atoms with E-state index in [-0.39, 0.29) is 53.9 Å². The molecule has 2 amide bonds. The number of benzene rings is 3. The smallest absolute Gasteiger partial charge is 0.422 e. The number of hydrogen-bond acceptors (Lipinski definition) is 4. The van der Waals surface area contributed by atoms with Crippen LogP contribution in [-0.2, 0) is 13.1 Å². The molecule has 5 rings (SSSR count). The molecule has 0 bridgehead atoms. The van der Waals surface area contributed by atoms with Gasteiger partial charge in [0, 0.05) is 28.7 Å². The van der Waals surface area contributed by atoms with Crippen LogP contribution in [0, 0.1) is 5.82 Å². The predicted octanol–water partition coefficient (Wildman–Crippen LogP) is 6.28. The molecule has 44 heavy (non-hydrogen) atoms. The Morgan fingerprint density at radius 3 is 2.43 bits per heavy atom. The first-order chi connectivity index (χ1) is 20.8. The largest absolute Gasteiger partial charge is 0.484 e. The summed E-state index contributed by atoms with van der Waals surface area (Å²) < 4.78 is 60.2. The molecule has 0 radical (unpaired) electrons. The Kier molecular flexibility index (Phi) is 8.89. The summed E-state index contributed by atoms with van der Waals surface area (Å²) in [6.45, 7) is 0.189. The second-order valence-corrected chi connectivity index (χ2v) is 11.3. The number of ether oxygens (including phenoxy) is 1. The second kappa shape index (κ2) is 12.5. The van der Waals surface area contributed by atoms with Crippen LogP contribution in [0.15, 0.2) is 76.0 Å². The molecule has 3 aromatic carbocycles. The van der Waals surface area contributed by atoms with Gasteiger partial charge in [0.2, 0.25) is 0 Å². The van der Waals surface area contributed by atoms with Crippen molar-refractivity contribution >= 4 is 39.3 Å². The summed E-state index contributed by atoms with van der Waals surface area (Å²) in [6.07, 6.45) is -4.54. The molecule has 1 aliphatic rings. The van der Waals surface area contributed by atoms with Crippen LogP contribution in [0.2, 0.25) is 5.02 Å². The van der Waals surface area contributed by atoms with Crippen molar-refractivity contribution in [1.82, 2.24) is 19.4 Å². The Morgan fingerprint density at radius 1 is 1.07 bits per heavy atom. The Bertz CT molecular complexity index is 1790. The van der Waals surface area contributed by atoms with Gasteiger partial charge >= 0.3 is 11.9 Å². The Hall–Kier alpha value is -4.10. The zero-order chi connectivity index (χ0) is 31.8. The quantitative estimate of drug-likeness (QED) is 0.231. The molecular formula is C30H24BrClF4N4O4. The van der Waals surface area contributed by atoms with Crippen LogP contribution in [0.5, 0.6) is 5.75 Å². The third-order valence-corrected chi connectivity index (χ3v) is 8.30. The van der Waals surface area contributed by atoms with E-state index in [1.807, 2.05) is 0 Å². The van der Waals surface area contributed by atoms with Gasteiger partial charge in [0.1, 0.15) is 17.3 Å². The number of amides is 2. The van der Waals surface area contributed by atoms with Crippen molar-refractivity contribution in [3.05, 3.63) is 115 Å². The van der Waals surface area contributed by atoms with Gasteiger partial charge in [-0.05, 0) is 71.4 Å². The summed E-state index contributed by atoms with van der Waals surface area (Å²) >= 11 is 9.48. The van der Waals surface area contributed by atoms with Crippen molar-refractivity contribution in [3.63, 3.8) is 0 Å². The summed E-state index contributed by atoms with van der Waals surface area (Å²) in [5.41, 5.74) is 0.242. The number of aromatic nitrogens is 2. The number of carbonyl (C=O) groups excluding carboxylic acids is 2. The van der Waals surface area contributed by atoms with E-state index >= 15 is 0 Å². The third kappa shape index (κ3) is 6.53.